The number of thiophene rings is 1. The molecule has 1 aromatic heterocycles. The Morgan fingerprint density at radius 1 is 1.40 bits per heavy atom. The molecule has 2 aliphatic heterocycles. The van der Waals surface area contributed by atoms with Crippen LogP contribution in [0.5, 0.6) is 0 Å². The molecule has 7 heteroatoms. The van der Waals surface area contributed by atoms with Gasteiger partial charge in [-0.3, -0.25) is 14.5 Å². The number of hydrogen-bond donors (Lipinski definition) is 1. The third-order valence-corrected chi connectivity index (χ3v) is 6.98. The van der Waals surface area contributed by atoms with Gasteiger partial charge in [0.1, 0.15) is 12.1 Å². The van der Waals surface area contributed by atoms with Crippen LogP contribution in [0, 0.1) is 5.92 Å². The van der Waals surface area contributed by atoms with Gasteiger partial charge in [-0.25, -0.2) is 4.79 Å². The highest BCUT2D eigenvalue weighted by Gasteiger charge is 2.55. The summed E-state index contributed by atoms with van der Waals surface area (Å²) >= 11 is 1.72. The first kappa shape index (κ1) is 16.6. The third-order valence-electron chi connectivity index (χ3n) is 5.96. The number of carbonyl (C=O) groups excluding carboxylic acids is 3. The van der Waals surface area contributed by atoms with Crippen molar-refractivity contribution in [2.24, 2.45) is 5.92 Å². The number of nitrogens with zero attached hydrogens (tertiary/aromatic N) is 2. The van der Waals surface area contributed by atoms with Gasteiger partial charge in [0, 0.05) is 18.0 Å². The van der Waals surface area contributed by atoms with Crippen LogP contribution in [0.1, 0.15) is 43.0 Å². The lowest BCUT2D eigenvalue weighted by atomic mass is 9.73. The van der Waals surface area contributed by atoms with Gasteiger partial charge in [0.15, 0.2) is 0 Å². The number of amides is 4. The molecule has 0 radical (unpaired) electrons. The number of urea groups is 1. The van der Waals surface area contributed by atoms with Crippen molar-refractivity contribution in [2.75, 3.05) is 13.1 Å². The molecule has 0 aromatic carbocycles. The first-order valence-electron chi connectivity index (χ1n) is 8.98. The van der Waals surface area contributed by atoms with Crippen LogP contribution in [-0.2, 0) is 22.6 Å². The molecular weight excluding hydrogens is 338 g/mol. The highest BCUT2D eigenvalue weighted by atomic mass is 32.1. The van der Waals surface area contributed by atoms with Gasteiger partial charge in [0.2, 0.25) is 5.91 Å². The molecule has 25 heavy (non-hydrogen) atoms. The summed E-state index contributed by atoms with van der Waals surface area (Å²) in [6.45, 7) is 3.09. The molecule has 1 spiro atoms. The fourth-order valence-corrected chi connectivity index (χ4v) is 5.23. The average Bonchev–Trinajstić information content (AvgIpc) is 3.16. The standard InChI is InChI=1S/C18H23N3O3S/c1-12-4-2-3-7-18(12)16(23)21(17(24)19-18)11-15(22)20-8-5-14-13(10-20)6-9-25-14/h6,9,12H,2-5,7-8,10-11H2,1H3,(H,19,24). The molecule has 1 saturated carbocycles. The first-order chi connectivity index (χ1) is 12.0. The number of carbonyl (C=O) groups is 3. The number of imide groups is 1. The predicted octanol–water partition coefficient (Wildman–Crippen LogP) is 2.13. The van der Waals surface area contributed by atoms with Crippen LogP contribution in [-0.4, -0.2) is 46.3 Å². The third kappa shape index (κ3) is 2.65. The smallest absolute Gasteiger partial charge is 0.325 e. The summed E-state index contributed by atoms with van der Waals surface area (Å²) < 4.78 is 0. The van der Waals surface area contributed by atoms with Crippen LogP contribution in [0.3, 0.4) is 0 Å². The van der Waals surface area contributed by atoms with E-state index in [-0.39, 0.29) is 24.3 Å². The molecule has 2 unspecified atom stereocenters. The van der Waals surface area contributed by atoms with Crippen molar-refractivity contribution in [1.82, 2.24) is 15.1 Å². The summed E-state index contributed by atoms with van der Waals surface area (Å²) in [5.74, 6) is -0.256. The second kappa shape index (κ2) is 6.12. The summed E-state index contributed by atoms with van der Waals surface area (Å²) in [5, 5.41) is 4.95. The molecule has 4 amide bonds. The van der Waals surface area contributed by atoms with Crippen LogP contribution in [0.2, 0.25) is 0 Å². The van der Waals surface area contributed by atoms with Gasteiger partial charge in [0.05, 0.1) is 0 Å². The molecule has 0 bridgehead atoms. The lowest BCUT2D eigenvalue weighted by Gasteiger charge is -2.37. The zero-order valence-corrected chi connectivity index (χ0v) is 15.2. The normalized spacial score (nSPS) is 29.1. The van der Waals surface area contributed by atoms with Crippen molar-refractivity contribution in [3.8, 4) is 0 Å². The summed E-state index contributed by atoms with van der Waals surface area (Å²) in [4.78, 5) is 42.3. The molecule has 134 valence electrons. The highest BCUT2D eigenvalue weighted by molar-refractivity contribution is 7.10. The van der Waals surface area contributed by atoms with Crippen molar-refractivity contribution >= 4 is 29.2 Å². The van der Waals surface area contributed by atoms with E-state index in [0.29, 0.717) is 19.5 Å². The van der Waals surface area contributed by atoms with Gasteiger partial charge in [0.25, 0.3) is 5.91 Å². The average molecular weight is 361 g/mol. The van der Waals surface area contributed by atoms with Gasteiger partial charge in [-0.15, -0.1) is 11.3 Å². The lowest BCUT2D eigenvalue weighted by Crippen LogP contribution is -2.54. The summed E-state index contributed by atoms with van der Waals surface area (Å²) in [6.07, 6.45) is 4.47. The molecular formula is C18H23N3O3S. The molecule has 1 saturated heterocycles. The van der Waals surface area contributed by atoms with Crippen LogP contribution >= 0.6 is 11.3 Å². The van der Waals surface area contributed by atoms with Gasteiger partial charge in [-0.05, 0) is 42.2 Å². The second-order valence-electron chi connectivity index (χ2n) is 7.37. The zero-order valence-electron chi connectivity index (χ0n) is 14.4. The van der Waals surface area contributed by atoms with Gasteiger partial charge in [-0.1, -0.05) is 19.8 Å². The summed E-state index contributed by atoms with van der Waals surface area (Å²) in [5.41, 5.74) is 0.386. The molecule has 3 aliphatic rings. The van der Waals surface area contributed by atoms with E-state index in [1.54, 1.807) is 16.2 Å². The minimum atomic E-state index is -0.794. The Hall–Kier alpha value is -1.89. The molecule has 2 fully saturated rings. The van der Waals surface area contributed by atoms with E-state index in [0.717, 1.165) is 30.6 Å². The van der Waals surface area contributed by atoms with E-state index in [2.05, 4.69) is 5.32 Å². The molecule has 6 nitrogen and oxygen atoms in total. The summed E-state index contributed by atoms with van der Waals surface area (Å²) in [7, 11) is 0. The monoisotopic (exact) mass is 361 g/mol. The highest BCUT2D eigenvalue weighted by Crippen LogP contribution is 2.38. The molecule has 1 aliphatic carbocycles. The van der Waals surface area contributed by atoms with Gasteiger partial charge >= 0.3 is 6.03 Å². The fourth-order valence-electron chi connectivity index (χ4n) is 4.34. The maximum atomic E-state index is 13.0. The number of fused-ring (bicyclic) bond motifs is 1. The molecule has 2 atom stereocenters. The Morgan fingerprint density at radius 2 is 2.24 bits per heavy atom. The largest absolute Gasteiger partial charge is 0.336 e. The molecule has 1 aromatic rings. The van der Waals surface area contributed by atoms with Crippen molar-refractivity contribution in [1.29, 1.82) is 0 Å². The fraction of sp³-hybridized carbons (Fsp3) is 0.611. The Balaban J connectivity index is 1.46. The molecule has 3 heterocycles. The van der Waals surface area contributed by atoms with E-state index in [1.807, 2.05) is 18.4 Å². The van der Waals surface area contributed by atoms with Gasteiger partial charge < -0.3 is 10.2 Å². The quantitative estimate of drug-likeness (QED) is 0.821. The van der Waals surface area contributed by atoms with E-state index in [9.17, 15) is 14.4 Å². The lowest BCUT2D eigenvalue weighted by molar-refractivity contribution is -0.141. The minimum Gasteiger partial charge on any atom is -0.336 e. The topological polar surface area (TPSA) is 69.7 Å². The van der Waals surface area contributed by atoms with Crippen molar-refractivity contribution < 1.29 is 14.4 Å². The minimum absolute atomic E-state index is 0.112. The Labute approximate surface area is 151 Å². The number of hydrogen-bond acceptors (Lipinski definition) is 4. The maximum Gasteiger partial charge on any atom is 0.325 e. The van der Waals surface area contributed by atoms with Crippen molar-refractivity contribution in [3.05, 3.63) is 21.9 Å². The van der Waals surface area contributed by atoms with Crippen LogP contribution < -0.4 is 5.32 Å². The van der Waals surface area contributed by atoms with Crippen LogP contribution in [0.4, 0.5) is 4.79 Å². The Kier molecular flexibility index (Phi) is 4.06. The zero-order chi connectivity index (χ0) is 17.6. The predicted molar refractivity (Wildman–Crippen MR) is 94.0 cm³/mol. The van der Waals surface area contributed by atoms with Crippen molar-refractivity contribution in [2.45, 2.75) is 51.1 Å². The SMILES string of the molecule is CC1CCCCC12NC(=O)N(CC(=O)N1CCc3sccc3C1)C2=O. The van der Waals surface area contributed by atoms with E-state index >= 15 is 0 Å². The van der Waals surface area contributed by atoms with Gasteiger partial charge in [-0.2, -0.15) is 0 Å². The van der Waals surface area contributed by atoms with E-state index in [4.69, 9.17) is 0 Å². The number of rotatable bonds is 2. The van der Waals surface area contributed by atoms with Crippen molar-refractivity contribution in [3.63, 3.8) is 0 Å². The van der Waals surface area contributed by atoms with E-state index < -0.39 is 11.6 Å². The van der Waals surface area contributed by atoms with E-state index in [1.165, 1.54) is 10.4 Å². The second-order valence-corrected chi connectivity index (χ2v) is 8.37. The molecule has 4 rings (SSSR count). The first-order valence-corrected chi connectivity index (χ1v) is 9.86. The molecule has 1 N–H and O–H groups in total. The van der Waals surface area contributed by atoms with Crippen LogP contribution in [0.15, 0.2) is 11.4 Å². The summed E-state index contributed by atoms with van der Waals surface area (Å²) in [6, 6.07) is 1.63. The maximum absolute atomic E-state index is 13.0. The Morgan fingerprint density at radius 3 is 3.04 bits per heavy atom. The number of nitrogens with one attached hydrogen (secondary N) is 1. The van der Waals surface area contributed by atoms with Crippen LogP contribution in [0.25, 0.3) is 0 Å². The Bertz CT molecular complexity index is 731.